The number of nitrogens with two attached hydrogens (primary N) is 1. The molecule has 4 rings (SSSR count). The third-order valence-electron chi connectivity index (χ3n) is 5.74. The summed E-state index contributed by atoms with van der Waals surface area (Å²) in [6.45, 7) is 3.67. The van der Waals surface area contributed by atoms with Gasteiger partial charge in [-0.3, -0.25) is 9.59 Å². The van der Waals surface area contributed by atoms with Gasteiger partial charge in [0, 0.05) is 29.9 Å². The maximum Gasteiger partial charge on any atom is 0.230 e. The number of rotatable bonds is 7. The highest BCUT2D eigenvalue weighted by molar-refractivity contribution is 5.96. The van der Waals surface area contributed by atoms with Crippen LogP contribution in [0.4, 0.5) is 11.4 Å². The zero-order chi connectivity index (χ0) is 20.9. The van der Waals surface area contributed by atoms with E-state index in [9.17, 15) is 9.59 Å². The number of nitrogens with one attached hydrogen (secondary N) is 1. The monoisotopic (exact) mass is 402 g/mol. The summed E-state index contributed by atoms with van der Waals surface area (Å²) in [4.78, 5) is 26.0. The lowest BCUT2D eigenvalue weighted by molar-refractivity contribution is -0.691. The molecule has 5 heteroatoms. The van der Waals surface area contributed by atoms with Crippen LogP contribution < -0.4 is 15.5 Å². The van der Waals surface area contributed by atoms with Crippen LogP contribution in [-0.2, 0) is 9.59 Å². The largest absolute Gasteiger partial charge is 0.340 e. The lowest BCUT2D eigenvalue weighted by Gasteiger charge is -2.16. The van der Waals surface area contributed by atoms with Crippen LogP contribution >= 0.6 is 0 Å². The van der Waals surface area contributed by atoms with Crippen molar-refractivity contribution >= 4 is 34.0 Å². The number of benzene rings is 3. The molecule has 1 atom stereocenters. The molecule has 0 radical (unpaired) electrons. The Balaban J connectivity index is 1.28. The number of hydrogen-bond donors (Lipinski definition) is 2. The molecule has 0 saturated carbocycles. The quantitative estimate of drug-likeness (QED) is 0.634. The first-order chi connectivity index (χ1) is 14.6. The van der Waals surface area contributed by atoms with Crippen molar-refractivity contribution < 1.29 is 14.9 Å². The summed E-state index contributed by atoms with van der Waals surface area (Å²) in [6.07, 6.45) is 1.97. The van der Waals surface area contributed by atoms with E-state index in [2.05, 4.69) is 60.0 Å². The number of nitrogens with zero attached hydrogens (tertiary/aromatic N) is 1. The van der Waals surface area contributed by atoms with Crippen LogP contribution in [0.15, 0.2) is 66.7 Å². The SMILES string of the molecule is C[C@@H]([NH2+]CCC(=O)Nc1ccc(N2CCCC2=O)cc1)c1cccc2ccccc12. The normalized spacial score (nSPS) is 14.8. The Labute approximate surface area is 177 Å². The zero-order valence-electron chi connectivity index (χ0n) is 17.3. The Bertz CT molecular complexity index is 1040. The zero-order valence-corrected chi connectivity index (χ0v) is 17.3. The van der Waals surface area contributed by atoms with Crippen LogP contribution in [0.3, 0.4) is 0 Å². The molecule has 1 fully saturated rings. The average molecular weight is 403 g/mol. The van der Waals surface area contributed by atoms with Gasteiger partial charge in [-0.2, -0.15) is 0 Å². The minimum atomic E-state index is 0.00127. The van der Waals surface area contributed by atoms with Crippen molar-refractivity contribution in [2.45, 2.75) is 32.2 Å². The molecule has 1 aliphatic heterocycles. The van der Waals surface area contributed by atoms with Crippen molar-refractivity contribution in [2.24, 2.45) is 0 Å². The highest BCUT2D eigenvalue weighted by Gasteiger charge is 2.21. The first kappa shape index (κ1) is 20.1. The molecule has 0 aromatic heterocycles. The molecule has 5 nitrogen and oxygen atoms in total. The molecule has 30 heavy (non-hydrogen) atoms. The van der Waals surface area contributed by atoms with Gasteiger partial charge in [-0.1, -0.05) is 42.5 Å². The first-order valence-corrected chi connectivity index (χ1v) is 10.6. The smallest absolute Gasteiger partial charge is 0.230 e. The van der Waals surface area contributed by atoms with Crippen LogP contribution in [0.25, 0.3) is 10.8 Å². The van der Waals surface area contributed by atoms with Gasteiger partial charge in [0.25, 0.3) is 0 Å². The Kier molecular flexibility index (Phi) is 6.10. The predicted octanol–water partition coefficient (Wildman–Crippen LogP) is 3.62. The summed E-state index contributed by atoms with van der Waals surface area (Å²) in [5, 5.41) is 7.67. The molecule has 0 bridgehead atoms. The van der Waals surface area contributed by atoms with Crippen molar-refractivity contribution in [3.63, 3.8) is 0 Å². The van der Waals surface area contributed by atoms with E-state index in [4.69, 9.17) is 0 Å². The lowest BCUT2D eigenvalue weighted by atomic mass is 10.00. The van der Waals surface area contributed by atoms with Crippen LogP contribution in [0, 0.1) is 0 Å². The van der Waals surface area contributed by atoms with Gasteiger partial charge in [-0.15, -0.1) is 0 Å². The second kappa shape index (κ2) is 9.09. The molecule has 1 aliphatic rings. The van der Waals surface area contributed by atoms with E-state index in [1.165, 1.54) is 16.3 Å². The molecule has 3 aromatic carbocycles. The summed E-state index contributed by atoms with van der Waals surface area (Å²) < 4.78 is 0. The van der Waals surface area contributed by atoms with Crippen LogP contribution in [0.5, 0.6) is 0 Å². The third kappa shape index (κ3) is 4.52. The molecule has 2 amide bonds. The Morgan fingerprint density at radius 2 is 1.83 bits per heavy atom. The molecular weight excluding hydrogens is 374 g/mol. The minimum Gasteiger partial charge on any atom is -0.340 e. The van der Waals surface area contributed by atoms with Crippen LogP contribution in [0.2, 0.25) is 0 Å². The maximum atomic E-state index is 12.3. The number of hydrogen-bond acceptors (Lipinski definition) is 2. The van der Waals surface area contributed by atoms with Gasteiger partial charge in [0.2, 0.25) is 11.8 Å². The summed E-state index contributed by atoms with van der Waals surface area (Å²) in [6, 6.07) is 22.6. The van der Waals surface area contributed by atoms with Crippen molar-refractivity contribution in [1.82, 2.24) is 0 Å². The van der Waals surface area contributed by atoms with Crippen molar-refractivity contribution in [1.29, 1.82) is 0 Å². The fourth-order valence-electron chi connectivity index (χ4n) is 4.11. The van der Waals surface area contributed by atoms with E-state index in [1.54, 1.807) is 4.90 Å². The highest BCUT2D eigenvalue weighted by Crippen LogP contribution is 2.23. The Morgan fingerprint density at radius 1 is 1.07 bits per heavy atom. The average Bonchev–Trinajstić information content (AvgIpc) is 3.19. The lowest BCUT2D eigenvalue weighted by Crippen LogP contribution is -2.85. The van der Waals surface area contributed by atoms with Crippen molar-refractivity contribution in [2.75, 3.05) is 23.3 Å². The van der Waals surface area contributed by atoms with E-state index in [-0.39, 0.29) is 17.9 Å². The molecule has 3 aromatic rings. The molecular formula is C25H28N3O2+. The summed E-state index contributed by atoms with van der Waals surface area (Å²) in [5.41, 5.74) is 2.95. The van der Waals surface area contributed by atoms with E-state index < -0.39 is 0 Å². The van der Waals surface area contributed by atoms with E-state index in [0.717, 1.165) is 30.9 Å². The van der Waals surface area contributed by atoms with Gasteiger partial charge < -0.3 is 15.5 Å². The van der Waals surface area contributed by atoms with Gasteiger partial charge in [-0.05, 0) is 48.4 Å². The Hall–Kier alpha value is -3.18. The predicted molar refractivity (Wildman–Crippen MR) is 120 cm³/mol. The van der Waals surface area contributed by atoms with E-state index >= 15 is 0 Å². The number of carbonyl (C=O) groups excluding carboxylic acids is 2. The molecule has 1 heterocycles. The second-order valence-corrected chi connectivity index (χ2v) is 7.88. The van der Waals surface area contributed by atoms with Gasteiger partial charge in [-0.25, -0.2) is 0 Å². The summed E-state index contributed by atoms with van der Waals surface area (Å²) in [7, 11) is 0. The van der Waals surface area contributed by atoms with Gasteiger partial charge in [0.1, 0.15) is 6.04 Å². The molecule has 0 spiro atoms. The van der Waals surface area contributed by atoms with Crippen molar-refractivity contribution in [3.05, 3.63) is 72.3 Å². The molecule has 0 unspecified atom stereocenters. The Morgan fingerprint density at radius 3 is 2.60 bits per heavy atom. The molecule has 0 aliphatic carbocycles. The van der Waals surface area contributed by atoms with Crippen molar-refractivity contribution in [3.8, 4) is 0 Å². The number of carbonyl (C=O) groups is 2. The number of amides is 2. The maximum absolute atomic E-state index is 12.3. The summed E-state index contributed by atoms with van der Waals surface area (Å²) >= 11 is 0. The van der Waals surface area contributed by atoms with E-state index in [0.29, 0.717) is 12.8 Å². The first-order valence-electron chi connectivity index (χ1n) is 10.6. The van der Waals surface area contributed by atoms with Gasteiger partial charge in [0.15, 0.2) is 0 Å². The highest BCUT2D eigenvalue weighted by atomic mass is 16.2. The third-order valence-corrected chi connectivity index (χ3v) is 5.74. The van der Waals surface area contributed by atoms with Crippen LogP contribution in [0.1, 0.15) is 37.8 Å². The topological polar surface area (TPSA) is 66.0 Å². The number of fused-ring (bicyclic) bond motifs is 1. The number of anilines is 2. The second-order valence-electron chi connectivity index (χ2n) is 7.88. The summed E-state index contributed by atoms with van der Waals surface area (Å²) in [5.74, 6) is 0.170. The van der Waals surface area contributed by atoms with Gasteiger partial charge >= 0.3 is 0 Å². The van der Waals surface area contributed by atoms with Crippen LogP contribution in [-0.4, -0.2) is 24.9 Å². The minimum absolute atomic E-state index is 0.00127. The fourth-order valence-corrected chi connectivity index (χ4v) is 4.11. The molecule has 3 N–H and O–H groups in total. The number of quaternary nitrogens is 1. The van der Waals surface area contributed by atoms with Gasteiger partial charge in [0.05, 0.1) is 13.0 Å². The van der Waals surface area contributed by atoms with E-state index in [1.807, 2.05) is 24.3 Å². The standard InChI is InChI=1S/C25H27N3O2/c1-18(22-9-4-7-19-6-2-3-8-23(19)22)26-16-15-24(29)27-20-11-13-21(14-12-20)28-17-5-10-25(28)30/h2-4,6-9,11-14,18,26H,5,10,15-17H2,1H3,(H,27,29)/p+1/t18-/m1/s1. The molecule has 1 saturated heterocycles. The fraction of sp³-hybridized carbons (Fsp3) is 0.280. The molecule has 154 valence electrons.